The van der Waals surface area contributed by atoms with Crippen molar-refractivity contribution in [3.05, 3.63) is 101 Å². The number of para-hydroxylation sites is 1. The van der Waals surface area contributed by atoms with Crippen molar-refractivity contribution in [2.24, 2.45) is 0 Å². The number of benzene rings is 3. The summed E-state index contributed by atoms with van der Waals surface area (Å²) in [5.41, 5.74) is 1.22. The van der Waals surface area contributed by atoms with Gasteiger partial charge in [-0.15, -0.1) is 0 Å². The molecule has 4 aromatic rings. The summed E-state index contributed by atoms with van der Waals surface area (Å²) >= 11 is 0. The molecule has 1 aromatic heterocycles. The largest absolute Gasteiger partial charge is 0.457 e. The summed E-state index contributed by atoms with van der Waals surface area (Å²) in [7, 11) is 0. The smallest absolute Gasteiger partial charge is 0.261 e. The predicted molar refractivity (Wildman–Crippen MR) is 111 cm³/mol. The minimum absolute atomic E-state index is 0.109. The normalized spacial score (nSPS) is 10.7. The average molecular weight is 403 g/mol. The summed E-state index contributed by atoms with van der Waals surface area (Å²) in [6.45, 7) is 0.202. The molecular weight excluding hydrogens is 385 g/mol. The van der Waals surface area contributed by atoms with E-state index in [4.69, 9.17) is 4.74 Å². The highest BCUT2D eigenvalue weighted by Crippen LogP contribution is 2.21. The van der Waals surface area contributed by atoms with Gasteiger partial charge in [-0.2, -0.15) is 0 Å². The molecule has 1 amide bonds. The van der Waals surface area contributed by atoms with Gasteiger partial charge in [0.2, 0.25) is 5.91 Å². The number of rotatable bonds is 6. The fraction of sp³-hybridized carbons (Fsp3) is 0.0870. The number of hydrogen-bond donors (Lipinski definition) is 1. The number of carbonyl (C=O) groups excluding carboxylic acids is 1. The Morgan fingerprint density at radius 2 is 1.63 bits per heavy atom. The molecule has 0 atom stereocenters. The summed E-state index contributed by atoms with van der Waals surface area (Å²) in [4.78, 5) is 28.9. The van der Waals surface area contributed by atoms with E-state index in [-0.39, 0.29) is 23.8 Å². The number of nitrogens with zero attached hydrogens (tertiary/aromatic N) is 2. The Morgan fingerprint density at radius 1 is 0.967 bits per heavy atom. The van der Waals surface area contributed by atoms with E-state index in [0.717, 1.165) is 5.56 Å². The Kier molecular flexibility index (Phi) is 5.52. The third-order valence-corrected chi connectivity index (χ3v) is 4.51. The van der Waals surface area contributed by atoms with Crippen LogP contribution in [-0.2, 0) is 17.9 Å². The van der Waals surface area contributed by atoms with Crippen molar-refractivity contribution < 1.29 is 13.9 Å². The standard InChI is InChI=1S/C23H18FN3O3/c24-17-7-11-19(12-8-17)30-18-9-5-16(6-10-18)13-25-22(28)14-27-15-26-21-4-2-1-3-20(21)23(27)29/h1-12,15H,13-14H2,(H,25,28). The summed E-state index contributed by atoms with van der Waals surface area (Å²) in [5, 5.41) is 3.27. The van der Waals surface area contributed by atoms with E-state index in [9.17, 15) is 14.0 Å². The number of aromatic nitrogens is 2. The van der Waals surface area contributed by atoms with Crippen LogP contribution in [0.3, 0.4) is 0 Å². The molecule has 0 aliphatic heterocycles. The zero-order valence-corrected chi connectivity index (χ0v) is 15.9. The molecule has 0 saturated carbocycles. The Bertz CT molecular complexity index is 1240. The highest BCUT2D eigenvalue weighted by Gasteiger charge is 2.08. The van der Waals surface area contributed by atoms with Crippen LogP contribution in [-0.4, -0.2) is 15.5 Å². The van der Waals surface area contributed by atoms with Gasteiger partial charge < -0.3 is 10.1 Å². The first kappa shape index (κ1) is 19.3. The lowest BCUT2D eigenvalue weighted by Crippen LogP contribution is -2.32. The summed E-state index contributed by atoms with van der Waals surface area (Å²) in [6.07, 6.45) is 1.38. The molecule has 0 bridgehead atoms. The van der Waals surface area contributed by atoms with Gasteiger partial charge in [0.15, 0.2) is 0 Å². The third-order valence-electron chi connectivity index (χ3n) is 4.51. The van der Waals surface area contributed by atoms with Crippen LogP contribution in [0.4, 0.5) is 4.39 Å². The molecule has 0 unspecified atom stereocenters. The molecule has 0 fully saturated rings. The molecule has 150 valence electrons. The molecule has 6 nitrogen and oxygen atoms in total. The van der Waals surface area contributed by atoms with Crippen molar-refractivity contribution in [3.63, 3.8) is 0 Å². The number of amides is 1. The van der Waals surface area contributed by atoms with Crippen molar-refractivity contribution >= 4 is 16.8 Å². The zero-order chi connectivity index (χ0) is 20.9. The molecule has 1 N–H and O–H groups in total. The van der Waals surface area contributed by atoms with Crippen molar-refractivity contribution in [2.45, 2.75) is 13.1 Å². The number of carbonyl (C=O) groups is 1. The fourth-order valence-electron chi connectivity index (χ4n) is 2.94. The summed E-state index contributed by atoms with van der Waals surface area (Å²) in [5.74, 6) is 0.522. The fourth-order valence-corrected chi connectivity index (χ4v) is 2.94. The maximum atomic E-state index is 12.9. The first-order valence-corrected chi connectivity index (χ1v) is 9.32. The van der Waals surface area contributed by atoms with Crippen molar-refractivity contribution in [3.8, 4) is 11.5 Å². The van der Waals surface area contributed by atoms with Crippen molar-refractivity contribution in [1.29, 1.82) is 0 Å². The van der Waals surface area contributed by atoms with E-state index < -0.39 is 0 Å². The topological polar surface area (TPSA) is 73.2 Å². The second-order valence-corrected chi connectivity index (χ2v) is 6.67. The number of ether oxygens (including phenoxy) is 1. The number of fused-ring (bicyclic) bond motifs is 1. The van der Waals surface area contributed by atoms with Gasteiger partial charge in [-0.3, -0.25) is 14.2 Å². The van der Waals surface area contributed by atoms with Gasteiger partial charge in [0.25, 0.3) is 5.56 Å². The van der Waals surface area contributed by atoms with E-state index in [0.29, 0.717) is 28.9 Å². The Morgan fingerprint density at radius 3 is 2.37 bits per heavy atom. The van der Waals surface area contributed by atoms with Crippen molar-refractivity contribution in [2.75, 3.05) is 0 Å². The Balaban J connectivity index is 1.34. The molecule has 0 spiro atoms. The second-order valence-electron chi connectivity index (χ2n) is 6.67. The molecule has 4 rings (SSSR count). The van der Waals surface area contributed by atoms with E-state index >= 15 is 0 Å². The summed E-state index contributed by atoms with van der Waals surface area (Å²) in [6, 6.07) is 19.9. The molecule has 0 aliphatic carbocycles. The van der Waals surface area contributed by atoms with Crippen LogP contribution in [0.15, 0.2) is 83.9 Å². The predicted octanol–water partition coefficient (Wildman–Crippen LogP) is 3.64. The van der Waals surface area contributed by atoms with Gasteiger partial charge in [0.1, 0.15) is 23.9 Å². The molecular formula is C23H18FN3O3. The van der Waals surface area contributed by atoms with Crippen LogP contribution in [0, 0.1) is 5.82 Å². The molecule has 1 heterocycles. The Labute approximate surface area is 171 Å². The lowest BCUT2D eigenvalue weighted by atomic mass is 10.2. The summed E-state index contributed by atoms with van der Waals surface area (Å²) < 4.78 is 19.9. The second kappa shape index (κ2) is 8.57. The van der Waals surface area contributed by atoms with Crippen LogP contribution in [0.25, 0.3) is 10.9 Å². The van der Waals surface area contributed by atoms with Crippen molar-refractivity contribution in [1.82, 2.24) is 14.9 Å². The zero-order valence-electron chi connectivity index (χ0n) is 15.9. The maximum absolute atomic E-state index is 12.9. The molecule has 7 heteroatoms. The molecule has 30 heavy (non-hydrogen) atoms. The monoisotopic (exact) mass is 403 g/mol. The van der Waals surface area contributed by atoms with Gasteiger partial charge in [-0.05, 0) is 54.1 Å². The average Bonchev–Trinajstić information content (AvgIpc) is 2.77. The van der Waals surface area contributed by atoms with Gasteiger partial charge in [-0.25, -0.2) is 9.37 Å². The number of nitrogens with one attached hydrogen (secondary N) is 1. The first-order valence-electron chi connectivity index (χ1n) is 9.32. The van der Waals surface area contributed by atoms with E-state index in [1.54, 1.807) is 42.5 Å². The number of halogens is 1. The highest BCUT2D eigenvalue weighted by atomic mass is 19.1. The molecule has 3 aromatic carbocycles. The maximum Gasteiger partial charge on any atom is 0.261 e. The van der Waals surface area contributed by atoms with Crippen LogP contribution >= 0.6 is 0 Å². The minimum Gasteiger partial charge on any atom is -0.457 e. The van der Waals surface area contributed by atoms with Crippen LogP contribution < -0.4 is 15.6 Å². The highest BCUT2D eigenvalue weighted by molar-refractivity contribution is 5.78. The third kappa shape index (κ3) is 4.52. The number of hydrogen-bond acceptors (Lipinski definition) is 4. The van der Waals surface area contributed by atoms with Gasteiger partial charge >= 0.3 is 0 Å². The van der Waals surface area contributed by atoms with Crippen LogP contribution in [0.2, 0.25) is 0 Å². The SMILES string of the molecule is O=C(Cn1cnc2ccccc2c1=O)NCc1ccc(Oc2ccc(F)cc2)cc1. The quantitative estimate of drug-likeness (QED) is 0.533. The van der Waals surface area contributed by atoms with Gasteiger partial charge in [0.05, 0.1) is 17.2 Å². The molecule has 0 saturated heterocycles. The van der Waals surface area contributed by atoms with E-state index in [2.05, 4.69) is 10.3 Å². The lowest BCUT2D eigenvalue weighted by Gasteiger charge is -2.09. The lowest BCUT2D eigenvalue weighted by molar-refractivity contribution is -0.121. The van der Waals surface area contributed by atoms with E-state index in [1.165, 1.54) is 23.0 Å². The van der Waals surface area contributed by atoms with E-state index in [1.807, 2.05) is 18.2 Å². The minimum atomic E-state index is -0.324. The van der Waals surface area contributed by atoms with Gasteiger partial charge in [0, 0.05) is 6.54 Å². The van der Waals surface area contributed by atoms with Crippen LogP contribution in [0.5, 0.6) is 11.5 Å². The Hall–Kier alpha value is -4.00. The molecule has 0 radical (unpaired) electrons. The van der Waals surface area contributed by atoms with Crippen LogP contribution in [0.1, 0.15) is 5.56 Å². The van der Waals surface area contributed by atoms with Gasteiger partial charge in [-0.1, -0.05) is 24.3 Å². The molecule has 0 aliphatic rings. The first-order chi connectivity index (χ1) is 14.6.